The van der Waals surface area contributed by atoms with Gasteiger partial charge in [0.15, 0.2) is 0 Å². The fourth-order valence-corrected chi connectivity index (χ4v) is 6.24. The van der Waals surface area contributed by atoms with E-state index in [1.807, 2.05) is 0 Å². The maximum absolute atomic E-state index is 2.33. The molecule has 0 N–H and O–H groups in total. The monoisotopic (exact) mass is 484 g/mol. The molecule has 180 valence electrons. The molecule has 38 heavy (non-hydrogen) atoms. The predicted molar refractivity (Wildman–Crippen MR) is 165 cm³/mol. The van der Waals surface area contributed by atoms with E-state index in [9.17, 15) is 0 Å². The molecule has 0 fully saturated rings. The summed E-state index contributed by atoms with van der Waals surface area (Å²) < 4.78 is 0. The van der Waals surface area contributed by atoms with Gasteiger partial charge in [0.2, 0.25) is 0 Å². The number of rotatable bonds is 3. The first-order valence-electron chi connectivity index (χ1n) is 13.3. The number of hydrogen-bond acceptors (Lipinski definition) is 0. The Hall–Kier alpha value is -4.68. The van der Waals surface area contributed by atoms with Crippen molar-refractivity contribution in [1.82, 2.24) is 0 Å². The lowest BCUT2D eigenvalue weighted by molar-refractivity contribution is 1.39. The van der Waals surface area contributed by atoms with Crippen molar-refractivity contribution < 1.29 is 0 Å². The zero-order valence-corrected chi connectivity index (χ0v) is 21.7. The Balaban J connectivity index is 1.62. The molecule has 0 amide bonds. The maximum Gasteiger partial charge on any atom is -0.00201 e. The molecule has 0 aliphatic heterocycles. The average Bonchev–Trinajstić information content (AvgIpc) is 2.95. The van der Waals surface area contributed by atoms with Gasteiger partial charge in [-0.15, -0.1) is 0 Å². The minimum atomic E-state index is 1.25. The van der Waals surface area contributed by atoms with Crippen LogP contribution in [0.1, 0.15) is 11.1 Å². The first-order valence-corrected chi connectivity index (χ1v) is 13.3. The summed E-state index contributed by atoms with van der Waals surface area (Å²) in [5, 5.41) is 7.73. The zero-order chi connectivity index (χ0) is 25.6. The molecule has 0 radical (unpaired) electrons. The molecule has 7 aromatic carbocycles. The van der Waals surface area contributed by atoms with Gasteiger partial charge in [-0.05, 0) is 79.5 Å². The number of hydrogen-bond donors (Lipinski definition) is 0. The second-order valence-electron chi connectivity index (χ2n) is 10.3. The van der Waals surface area contributed by atoms with Gasteiger partial charge < -0.3 is 0 Å². The summed E-state index contributed by atoms with van der Waals surface area (Å²) in [7, 11) is 0. The molecule has 0 nitrogen and oxygen atoms in total. The molecule has 0 saturated heterocycles. The van der Waals surface area contributed by atoms with Crippen molar-refractivity contribution in [2.45, 2.75) is 13.8 Å². The van der Waals surface area contributed by atoms with Crippen LogP contribution in [-0.2, 0) is 0 Å². The minimum absolute atomic E-state index is 1.25. The van der Waals surface area contributed by atoms with Crippen molar-refractivity contribution in [2.75, 3.05) is 0 Å². The Kier molecular flexibility index (Phi) is 5.34. The van der Waals surface area contributed by atoms with E-state index < -0.39 is 0 Å². The van der Waals surface area contributed by atoms with Gasteiger partial charge in [0.05, 0.1) is 0 Å². The fraction of sp³-hybridized carbons (Fsp3) is 0.0526. The van der Waals surface area contributed by atoms with Crippen molar-refractivity contribution >= 4 is 32.3 Å². The summed E-state index contributed by atoms with van der Waals surface area (Å²) >= 11 is 0. The Morgan fingerprint density at radius 3 is 1.29 bits per heavy atom. The van der Waals surface area contributed by atoms with Gasteiger partial charge in [-0.2, -0.15) is 0 Å². The molecule has 0 aliphatic carbocycles. The van der Waals surface area contributed by atoms with E-state index in [4.69, 9.17) is 0 Å². The molecule has 7 rings (SSSR count). The standard InChI is InChI=1S/C38H28/c1-25-22-26(2)24-28(23-25)37-32-16-8-10-18-34(32)38(35-19-11-9-17-33(35)37)36-21-20-29(27-12-4-3-5-13-27)30-14-6-7-15-31(30)36/h3-24H,1-2H3. The van der Waals surface area contributed by atoms with Crippen molar-refractivity contribution in [3.8, 4) is 33.4 Å². The molecular formula is C38H28. The zero-order valence-electron chi connectivity index (χ0n) is 21.7. The van der Waals surface area contributed by atoms with Gasteiger partial charge in [0.1, 0.15) is 0 Å². The summed E-state index contributed by atoms with van der Waals surface area (Å²) in [5.74, 6) is 0. The smallest absolute Gasteiger partial charge is 0.00201 e. The lowest BCUT2D eigenvalue weighted by Gasteiger charge is -2.20. The Bertz CT molecular complexity index is 1900. The van der Waals surface area contributed by atoms with Crippen molar-refractivity contribution in [1.29, 1.82) is 0 Å². The third kappa shape index (κ3) is 3.61. The normalized spacial score (nSPS) is 11.4. The summed E-state index contributed by atoms with van der Waals surface area (Å²) in [6.45, 7) is 4.38. The first-order chi connectivity index (χ1) is 18.7. The third-order valence-electron chi connectivity index (χ3n) is 7.72. The SMILES string of the molecule is Cc1cc(C)cc(-c2c3ccccc3c(-c3ccc(-c4ccccc4)c4ccccc34)c3ccccc23)c1. The molecule has 0 atom stereocenters. The van der Waals surface area contributed by atoms with Gasteiger partial charge in [-0.25, -0.2) is 0 Å². The van der Waals surface area contributed by atoms with E-state index in [-0.39, 0.29) is 0 Å². The second-order valence-corrected chi connectivity index (χ2v) is 10.3. The van der Waals surface area contributed by atoms with Crippen LogP contribution in [0.25, 0.3) is 65.7 Å². The molecule has 0 heteroatoms. The quantitative estimate of drug-likeness (QED) is 0.219. The number of fused-ring (bicyclic) bond motifs is 3. The highest BCUT2D eigenvalue weighted by atomic mass is 14.2. The first kappa shape index (κ1) is 22.5. The van der Waals surface area contributed by atoms with Crippen molar-refractivity contribution in [3.63, 3.8) is 0 Å². The fourth-order valence-electron chi connectivity index (χ4n) is 6.24. The van der Waals surface area contributed by atoms with Crippen LogP contribution >= 0.6 is 0 Å². The van der Waals surface area contributed by atoms with Crippen molar-refractivity contribution in [3.05, 3.63) is 145 Å². The maximum atomic E-state index is 2.33. The highest BCUT2D eigenvalue weighted by Crippen LogP contribution is 2.46. The number of aryl methyl sites for hydroxylation is 2. The van der Waals surface area contributed by atoms with Crippen LogP contribution < -0.4 is 0 Å². The number of benzene rings is 7. The van der Waals surface area contributed by atoms with E-state index >= 15 is 0 Å². The molecule has 0 bridgehead atoms. The molecule has 0 aliphatic rings. The molecule has 7 aromatic rings. The minimum Gasteiger partial charge on any atom is -0.0622 e. The van der Waals surface area contributed by atoms with E-state index in [2.05, 4.69) is 147 Å². The topological polar surface area (TPSA) is 0 Å². The summed E-state index contributed by atoms with van der Waals surface area (Å²) in [6, 6.07) is 48.9. The molecule has 0 heterocycles. The van der Waals surface area contributed by atoms with Gasteiger partial charge in [0.25, 0.3) is 0 Å². The molecule has 0 unspecified atom stereocenters. The summed E-state index contributed by atoms with van der Waals surface area (Å²) in [6.07, 6.45) is 0. The van der Waals surface area contributed by atoms with Crippen LogP contribution in [0.4, 0.5) is 0 Å². The van der Waals surface area contributed by atoms with E-state index in [1.165, 1.54) is 76.8 Å². The molecule has 0 saturated carbocycles. The van der Waals surface area contributed by atoms with E-state index in [0.29, 0.717) is 0 Å². The Labute approximate surface area is 223 Å². The summed E-state index contributed by atoms with van der Waals surface area (Å²) in [4.78, 5) is 0. The van der Waals surface area contributed by atoms with Crippen molar-refractivity contribution in [2.24, 2.45) is 0 Å². The van der Waals surface area contributed by atoms with E-state index in [0.717, 1.165) is 0 Å². The van der Waals surface area contributed by atoms with Gasteiger partial charge in [-0.1, -0.05) is 145 Å². The Morgan fingerprint density at radius 1 is 0.316 bits per heavy atom. The van der Waals surface area contributed by atoms with Crippen LogP contribution in [0.5, 0.6) is 0 Å². The van der Waals surface area contributed by atoms with Crippen LogP contribution in [0.15, 0.2) is 133 Å². The van der Waals surface area contributed by atoms with Crippen LogP contribution in [0, 0.1) is 13.8 Å². The van der Waals surface area contributed by atoms with E-state index in [1.54, 1.807) is 0 Å². The average molecular weight is 485 g/mol. The largest absolute Gasteiger partial charge is 0.0622 e. The lowest BCUT2D eigenvalue weighted by atomic mass is 9.83. The predicted octanol–water partition coefficient (Wildman–Crippen LogP) is 10.8. The highest BCUT2D eigenvalue weighted by molar-refractivity contribution is 6.24. The van der Waals surface area contributed by atoms with Crippen LogP contribution in [0.2, 0.25) is 0 Å². The van der Waals surface area contributed by atoms with Gasteiger partial charge in [-0.3, -0.25) is 0 Å². The van der Waals surface area contributed by atoms with Gasteiger partial charge in [0, 0.05) is 0 Å². The van der Waals surface area contributed by atoms with Gasteiger partial charge >= 0.3 is 0 Å². The second kappa shape index (κ2) is 9.01. The molecule has 0 aromatic heterocycles. The molecule has 0 spiro atoms. The highest BCUT2D eigenvalue weighted by Gasteiger charge is 2.19. The van der Waals surface area contributed by atoms with Crippen LogP contribution in [-0.4, -0.2) is 0 Å². The lowest BCUT2D eigenvalue weighted by Crippen LogP contribution is -1.93. The van der Waals surface area contributed by atoms with Crippen LogP contribution in [0.3, 0.4) is 0 Å². The third-order valence-corrected chi connectivity index (χ3v) is 7.72. The summed E-state index contributed by atoms with van der Waals surface area (Å²) in [5.41, 5.74) is 10.3. The Morgan fingerprint density at radius 2 is 0.737 bits per heavy atom. The molecular weight excluding hydrogens is 456 g/mol.